The van der Waals surface area contributed by atoms with E-state index in [0.717, 1.165) is 31.6 Å². The molecule has 2 fully saturated rings. The summed E-state index contributed by atoms with van der Waals surface area (Å²) in [6, 6.07) is 20.5. The number of pyridine rings is 1. The van der Waals surface area contributed by atoms with E-state index in [9.17, 15) is 14.7 Å². The molecule has 47 heavy (non-hydrogen) atoms. The first-order valence-corrected chi connectivity index (χ1v) is 17.0. The van der Waals surface area contributed by atoms with Crippen molar-refractivity contribution in [2.75, 3.05) is 33.3 Å². The van der Waals surface area contributed by atoms with E-state index < -0.39 is 5.60 Å². The van der Waals surface area contributed by atoms with Crippen LogP contribution < -0.4 is 10.3 Å². The molecule has 0 radical (unpaired) electrons. The largest absolute Gasteiger partial charge is 0.481 e. The summed E-state index contributed by atoms with van der Waals surface area (Å²) in [5.74, 6) is 0.709. The van der Waals surface area contributed by atoms with E-state index in [1.165, 1.54) is 26.2 Å². The molecule has 7 rings (SSSR count). The van der Waals surface area contributed by atoms with Gasteiger partial charge in [0.05, 0.1) is 24.6 Å². The van der Waals surface area contributed by atoms with E-state index in [0.29, 0.717) is 42.8 Å². The molecule has 6 heterocycles. The van der Waals surface area contributed by atoms with Crippen molar-refractivity contribution in [1.29, 1.82) is 0 Å². The van der Waals surface area contributed by atoms with Crippen LogP contribution in [0.5, 0.6) is 5.88 Å². The molecule has 1 amide bonds. The van der Waals surface area contributed by atoms with E-state index in [1.807, 2.05) is 40.9 Å². The lowest BCUT2D eigenvalue weighted by Crippen LogP contribution is -2.53. The Morgan fingerprint density at radius 1 is 1.06 bits per heavy atom. The lowest BCUT2D eigenvalue weighted by molar-refractivity contribution is -0.142. The van der Waals surface area contributed by atoms with Crippen LogP contribution in [0.3, 0.4) is 0 Å². The third-order valence-electron chi connectivity index (χ3n) is 9.83. The van der Waals surface area contributed by atoms with Crippen molar-refractivity contribution in [3.63, 3.8) is 0 Å². The smallest absolute Gasteiger partial charge is 0.262 e. The van der Waals surface area contributed by atoms with Gasteiger partial charge >= 0.3 is 0 Å². The summed E-state index contributed by atoms with van der Waals surface area (Å²) in [5.41, 5.74) is 1.67. The fraction of sp³-hybridized carbons (Fsp3) is 0.389. The number of fused-ring (bicyclic) bond motifs is 1. The summed E-state index contributed by atoms with van der Waals surface area (Å²) in [6.07, 6.45) is 6.71. The van der Waals surface area contributed by atoms with E-state index >= 15 is 0 Å². The molecule has 11 heteroatoms. The molecule has 1 N–H and O–H groups in total. The van der Waals surface area contributed by atoms with Crippen molar-refractivity contribution >= 4 is 28.3 Å². The van der Waals surface area contributed by atoms with Crippen LogP contribution in [0.25, 0.3) is 21.5 Å². The van der Waals surface area contributed by atoms with Gasteiger partial charge in [0.1, 0.15) is 12.0 Å². The van der Waals surface area contributed by atoms with Crippen molar-refractivity contribution in [2.45, 2.75) is 43.9 Å². The molecular formula is C36H40N6O4S. The second kappa shape index (κ2) is 13.1. The van der Waals surface area contributed by atoms with E-state index in [4.69, 9.17) is 4.74 Å². The van der Waals surface area contributed by atoms with Gasteiger partial charge in [-0.25, -0.2) is 9.97 Å². The molecule has 5 aromatic rings. The van der Waals surface area contributed by atoms with Crippen LogP contribution in [0.1, 0.15) is 35.6 Å². The van der Waals surface area contributed by atoms with Crippen molar-refractivity contribution < 1.29 is 14.6 Å². The topological polar surface area (TPSA) is 106 Å². The predicted octanol–water partition coefficient (Wildman–Crippen LogP) is 4.53. The minimum absolute atomic E-state index is 0.0735. The molecule has 10 nitrogen and oxygen atoms in total. The first-order chi connectivity index (χ1) is 22.8. The number of hydrogen-bond acceptors (Lipinski definition) is 8. The van der Waals surface area contributed by atoms with Gasteiger partial charge in [0.25, 0.3) is 5.56 Å². The number of amides is 1. The number of carbonyl (C=O) groups excluding carboxylic acids is 1. The Labute approximate surface area is 277 Å². The Morgan fingerprint density at radius 2 is 1.87 bits per heavy atom. The summed E-state index contributed by atoms with van der Waals surface area (Å²) in [6.45, 7) is 3.56. The number of aryl methyl sites for hydroxylation is 1. The summed E-state index contributed by atoms with van der Waals surface area (Å²) in [5, 5.41) is 12.0. The Hall–Kier alpha value is -4.32. The monoisotopic (exact) mass is 652 g/mol. The third-order valence-corrected chi connectivity index (χ3v) is 11.0. The van der Waals surface area contributed by atoms with Crippen molar-refractivity contribution in [3.8, 4) is 16.3 Å². The summed E-state index contributed by atoms with van der Waals surface area (Å²) < 4.78 is 8.63. The van der Waals surface area contributed by atoms with Gasteiger partial charge in [-0.1, -0.05) is 30.3 Å². The van der Waals surface area contributed by atoms with Crippen LogP contribution in [0.4, 0.5) is 0 Å². The maximum absolute atomic E-state index is 14.1. The molecular weight excluding hydrogens is 613 g/mol. The maximum atomic E-state index is 14.1. The van der Waals surface area contributed by atoms with Crippen molar-refractivity contribution in [2.24, 2.45) is 13.0 Å². The van der Waals surface area contributed by atoms with Gasteiger partial charge in [0.2, 0.25) is 11.8 Å². The Morgan fingerprint density at radius 3 is 2.66 bits per heavy atom. The summed E-state index contributed by atoms with van der Waals surface area (Å²) in [7, 11) is 3.48. The fourth-order valence-corrected chi connectivity index (χ4v) is 8.20. The fourth-order valence-electron chi connectivity index (χ4n) is 7.16. The highest BCUT2D eigenvalue weighted by Gasteiger charge is 2.41. The Balaban J connectivity index is 1.02. The molecule has 0 unspecified atom stereocenters. The molecule has 0 spiro atoms. The number of ether oxygens (including phenoxy) is 1. The second-order valence-corrected chi connectivity index (χ2v) is 14.1. The van der Waals surface area contributed by atoms with Gasteiger partial charge < -0.3 is 19.3 Å². The van der Waals surface area contributed by atoms with Gasteiger partial charge in [0, 0.05) is 73.3 Å². The van der Waals surface area contributed by atoms with Crippen LogP contribution in [0.15, 0.2) is 84.2 Å². The molecule has 0 saturated carbocycles. The highest BCUT2D eigenvalue weighted by Crippen LogP contribution is 2.37. The van der Waals surface area contributed by atoms with Gasteiger partial charge in [-0.2, -0.15) is 0 Å². The zero-order valence-electron chi connectivity index (χ0n) is 26.8. The lowest BCUT2D eigenvalue weighted by atomic mass is 9.79. The number of methoxy groups -OCH3 is 1. The van der Waals surface area contributed by atoms with Crippen LogP contribution in [0, 0.1) is 5.92 Å². The molecule has 0 aliphatic carbocycles. The molecule has 2 aliphatic heterocycles. The van der Waals surface area contributed by atoms with Gasteiger partial charge in [-0.15, -0.1) is 11.3 Å². The molecule has 2 saturated heterocycles. The molecule has 0 bridgehead atoms. The molecule has 4 aromatic heterocycles. The average molecular weight is 653 g/mol. The summed E-state index contributed by atoms with van der Waals surface area (Å²) in [4.78, 5) is 42.7. The summed E-state index contributed by atoms with van der Waals surface area (Å²) >= 11 is 1.78. The minimum atomic E-state index is -1.08. The van der Waals surface area contributed by atoms with E-state index in [1.54, 1.807) is 30.7 Å². The zero-order valence-corrected chi connectivity index (χ0v) is 27.6. The normalized spacial score (nSPS) is 20.0. The zero-order chi connectivity index (χ0) is 32.5. The number of aliphatic hydroxyl groups is 1. The highest BCUT2D eigenvalue weighted by molar-refractivity contribution is 7.15. The number of piperidine rings is 2. The van der Waals surface area contributed by atoms with Crippen LogP contribution in [-0.2, 0) is 24.9 Å². The van der Waals surface area contributed by atoms with Crippen LogP contribution in [-0.4, -0.2) is 78.8 Å². The first-order valence-electron chi connectivity index (χ1n) is 16.2. The molecule has 2 aliphatic rings. The van der Waals surface area contributed by atoms with Crippen LogP contribution in [0.2, 0.25) is 0 Å². The quantitative estimate of drug-likeness (QED) is 0.263. The number of aromatic nitrogens is 4. The molecule has 2 atom stereocenters. The maximum Gasteiger partial charge on any atom is 0.262 e. The minimum Gasteiger partial charge on any atom is -0.481 e. The predicted molar refractivity (Wildman–Crippen MR) is 182 cm³/mol. The SMILES string of the molecule is COc1cc(-c2ccc(CN3CC[C@@H](C(=O)N4CCC(O)(Cn5cnc6c(ccn6C)c5=O)CC4)[C@H](c4ccccc4)C3)s2)ccn1. The van der Waals surface area contributed by atoms with Crippen molar-refractivity contribution in [1.82, 2.24) is 28.9 Å². The number of thiophene rings is 1. The third kappa shape index (κ3) is 6.47. The molecule has 244 valence electrons. The lowest BCUT2D eigenvalue weighted by Gasteiger charge is -2.43. The second-order valence-electron chi connectivity index (χ2n) is 12.9. The Bertz CT molecular complexity index is 1930. The highest BCUT2D eigenvalue weighted by atomic mass is 32.1. The van der Waals surface area contributed by atoms with Crippen LogP contribution >= 0.6 is 11.3 Å². The number of nitrogens with zero attached hydrogens (tertiary/aromatic N) is 6. The average Bonchev–Trinajstić information content (AvgIpc) is 3.73. The molecule has 1 aromatic carbocycles. The number of benzene rings is 1. The van der Waals surface area contributed by atoms with E-state index in [2.05, 4.69) is 51.3 Å². The van der Waals surface area contributed by atoms with Gasteiger partial charge in [-0.3, -0.25) is 19.1 Å². The number of rotatable bonds is 8. The standard InChI is InChI=1S/C36H40N6O4S/c1-39-16-11-29-33(39)38-24-42(35(29)44)23-36(45)13-18-41(19-14-36)34(43)28-12-17-40(22-30(28)25-6-4-3-5-7-25)21-27-8-9-31(47-27)26-10-15-37-32(20-26)46-2/h3-11,15-16,20,24,28,30,45H,12-14,17-19,21-23H2,1-2H3/t28-,30+/m1/s1. The van der Waals surface area contributed by atoms with E-state index in [-0.39, 0.29) is 29.8 Å². The number of hydrogen-bond donors (Lipinski definition) is 1. The van der Waals surface area contributed by atoms with Crippen molar-refractivity contribution in [3.05, 3.63) is 100 Å². The Kier molecular flexibility index (Phi) is 8.69. The number of likely N-dealkylation sites (tertiary alicyclic amines) is 2. The van der Waals surface area contributed by atoms with Gasteiger partial charge in [-0.05, 0) is 61.2 Å². The first kappa shape index (κ1) is 31.3. The van der Waals surface area contributed by atoms with Gasteiger partial charge in [0.15, 0.2) is 0 Å². The number of carbonyl (C=O) groups is 1.